The van der Waals surface area contributed by atoms with Gasteiger partial charge < -0.3 is 20.5 Å². The number of hydrogen-bond acceptors (Lipinski definition) is 5. The molecule has 1 aromatic carbocycles. The third kappa shape index (κ3) is 9.61. The van der Waals surface area contributed by atoms with Crippen molar-refractivity contribution in [1.82, 2.24) is 10.6 Å². The van der Waals surface area contributed by atoms with E-state index >= 15 is 0 Å². The molecule has 0 fully saturated rings. The molecule has 0 aliphatic heterocycles. The molecule has 2 amide bonds. The van der Waals surface area contributed by atoms with Gasteiger partial charge in [-0.2, -0.15) is 0 Å². The van der Waals surface area contributed by atoms with Crippen LogP contribution in [-0.2, 0) is 25.5 Å². The van der Waals surface area contributed by atoms with Crippen molar-refractivity contribution in [2.75, 3.05) is 13.2 Å². The minimum Gasteiger partial charge on any atom is -0.461 e. The topological polar surface area (TPSA) is 105 Å². The van der Waals surface area contributed by atoms with Crippen LogP contribution >= 0.6 is 0 Å². The second-order valence-corrected chi connectivity index (χ2v) is 7.57. The molecule has 170 valence electrons. The molecule has 0 saturated carbocycles. The van der Waals surface area contributed by atoms with E-state index in [1.807, 2.05) is 30.3 Å². The zero-order valence-electron chi connectivity index (χ0n) is 18.4. The Morgan fingerprint density at radius 3 is 2.29 bits per heavy atom. The number of hydrogen-bond donors (Lipinski definition) is 3. The van der Waals surface area contributed by atoms with Crippen molar-refractivity contribution in [2.24, 2.45) is 11.8 Å². The molecule has 4 atom stereocenters. The van der Waals surface area contributed by atoms with Crippen molar-refractivity contribution >= 4 is 17.8 Å². The molecule has 0 saturated heterocycles. The molecule has 3 N–H and O–H groups in total. The van der Waals surface area contributed by atoms with Gasteiger partial charge in [0, 0.05) is 6.04 Å². The van der Waals surface area contributed by atoms with Crippen LogP contribution < -0.4 is 10.6 Å². The lowest BCUT2D eigenvalue weighted by Gasteiger charge is -2.21. The molecule has 7 heteroatoms. The summed E-state index contributed by atoms with van der Waals surface area (Å²) in [4.78, 5) is 37.4. The predicted molar refractivity (Wildman–Crippen MR) is 120 cm³/mol. The van der Waals surface area contributed by atoms with Crippen molar-refractivity contribution < 1.29 is 24.2 Å². The number of aliphatic hydroxyl groups excluding tert-OH is 1. The van der Waals surface area contributed by atoms with E-state index in [1.54, 1.807) is 19.9 Å². The van der Waals surface area contributed by atoms with Gasteiger partial charge in [-0.25, -0.2) is 0 Å². The third-order valence-electron chi connectivity index (χ3n) is 4.69. The van der Waals surface area contributed by atoms with Crippen molar-refractivity contribution in [3.63, 3.8) is 0 Å². The Balaban J connectivity index is 2.61. The summed E-state index contributed by atoms with van der Waals surface area (Å²) in [6, 6.07) is 9.20. The van der Waals surface area contributed by atoms with E-state index in [0.717, 1.165) is 5.56 Å². The SMILES string of the molecule is C=CCC(C(=O)NC[C@H](C)OC(=O)[C@@H](CC=C)Cc1ccccc1)C(=O)N[C@@H](C)CO. The Bertz CT molecular complexity index is 735. The molecule has 0 bridgehead atoms. The molecule has 0 aliphatic rings. The number of ether oxygens (including phenoxy) is 1. The van der Waals surface area contributed by atoms with Crippen LogP contribution in [0.25, 0.3) is 0 Å². The van der Waals surface area contributed by atoms with Crippen molar-refractivity contribution in [1.29, 1.82) is 0 Å². The van der Waals surface area contributed by atoms with Gasteiger partial charge in [-0.1, -0.05) is 42.5 Å². The summed E-state index contributed by atoms with van der Waals surface area (Å²) >= 11 is 0. The van der Waals surface area contributed by atoms with Crippen LogP contribution in [0, 0.1) is 11.8 Å². The van der Waals surface area contributed by atoms with Gasteiger partial charge in [0.15, 0.2) is 0 Å². The maximum absolute atomic E-state index is 12.6. The highest BCUT2D eigenvalue weighted by Gasteiger charge is 2.27. The van der Waals surface area contributed by atoms with Crippen molar-refractivity contribution in [2.45, 2.75) is 45.3 Å². The van der Waals surface area contributed by atoms with Gasteiger partial charge in [-0.3, -0.25) is 14.4 Å². The Morgan fingerprint density at radius 2 is 1.71 bits per heavy atom. The van der Waals surface area contributed by atoms with Crippen molar-refractivity contribution in [3.8, 4) is 0 Å². The number of carbonyl (C=O) groups excluding carboxylic acids is 3. The van der Waals surface area contributed by atoms with E-state index in [-0.39, 0.29) is 31.5 Å². The molecule has 0 aliphatic carbocycles. The standard InChI is InChI=1S/C24H34N2O5/c1-5-10-20(14-19-12-8-7-9-13-19)24(30)31-18(4)15-25-22(28)21(11-6-2)23(29)26-17(3)16-27/h5-9,12-13,17-18,20-21,27H,1-2,10-11,14-16H2,3-4H3,(H,25,28)(H,26,29)/t17-,18-,20-,21?/m0/s1. The van der Waals surface area contributed by atoms with Gasteiger partial charge in [-0.05, 0) is 38.7 Å². The Kier molecular flexibility index (Phi) is 11.9. The van der Waals surface area contributed by atoms with Crippen LogP contribution in [0.1, 0.15) is 32.3 Å². The van der Waals surface area contributed by atoms with Gasteiger partial charge in [0.2, 0.25) is 11.8 Å². The van der Waals surface area contributed by atoms with Crippen LogP contribution in [0.5, 0.6) is 0 Å². The molecule has 0 spiro atoms. The summed E-state index contributed by atoms with van der Waals surface area (Å²) in [7, 11) is 0. The average molecular weight is 431 g/mol. The summed E-state index contributed by atoms with van der Waals surface area (Å²) in [5, 5.41) is 14.3. The number of rotatable bonds is 14. The van der Waals surface area contributed by atoms with E-state index in [2.05, 4.69) is 23.8 Å². The fraction of sp³-hybridized carbons (Fsp3) is 0.458. The highest BCUT2D eigenvalue weighted by atomic mass is 16.5. The molecule has 1 rings (SSSR count). The van der Waals surface area contributed by atoms with E-state index < -0.39 is 29.9 Å². The molecule has 1 unspecified atom stereocenters. The Labute approximate surface area is 184 Å². The zero-order chi connectivity index (χ0) is 23.2. The molecule has 0 radical (unpaired) electrons. The van der Waals surface area contributed by atoms with E-state index in [4.69, 9.17) is 9.84 Å². The fourth-order valence-corrected chi connectivity index (χ4v) is 2.96. The Morgan fingerprint density at radius 1 is 1.06 bits per heavy atom. The number of amides is 2. The van der Waals surface area contributed by atoms with Gasteiger partial charge in [0.1, 0.15) is 12.0 Å². The van der Waals surface area contributed by atoms with Gasteiger partial charge in [0.25, 0.3) is 0 Å². The first-order chi connectivity index (χ1) is 14.8. The van der Waals surface area contributed by atoms with Crippen LogP contribution in [0.15, 0.2) is 55.6 Å². The molecule has 1 aromatic rings. The normalized spacial score (nSPS) is 14.4. The van der Waals surface area contributed by atoms with Crippen LogP contribution in [-0.4, -0.2) is 48.2 Å². The predicted octanol–water partition coefficient (Wildman–Crippen LogP) is 2.16. The summed E-state index contributed by atoms with van der Waals surface area (Å²) in [6.07, 6.45) is 3.78. The minimum absolute atomic E-state index is 0.0766. The molecule has 0 aromatic heterocycles. The van der Waals surface area contributed by atoms with E-state index in [9.17, 15) is 14.4 Å². The number of allylic oxidation sites excluding steroid dienone is 2. The second kappa shape index (κ2) is 14.1. The second-order valence-electron chi connectivity index (χ2n) is 7.57. The summed E-state index contributed by atoms with van der Waals surface area (Å²) in [5.74, 6) is -2.67. The van der Waals surface area contributed by atoms with Gasteiger partial charge in [-0.15, -0.1) is 13.2 Å². The molecule has 31 heavy (non-hydrogen) atoms. The smallest absolute Gasteiger partial charge is 0.309 e. The summed E-state index contributed by atoms with van der Waals surface area (Å²) in [5.41, 5.74) is 1.03. The lowest BCUT2D eigenvalue weighted by atomic mass is 9.96. The van der Waals surface area contributed by atoms with Crippen LogP contribution in [0.3, 0.4) is 0 Å². The maximum Gasteiger partial charge on any atom is 0.309 e. The number of esters is 1. The number of carbonyl (C=O) groups is 3. The molecular formula is C24H34N2O5. The van der Waals surface area contributed by atoms with E-state index in [1.165, 1.54) is 6.08 Å². The lowest BCUT2D eigenvalue weighted by molar-refractivity contribution is -0.153. The number of nitrogens with one attached hydrogen (secondary N) is 2. The fourth-order valence-electron chi connectivity index (χ4n) is 2.96. The first-order valence-corrected chi connectivity index (χ1v) is 10.5. The molecule has 7 nitrogen and oxygen atoms in total. The highest BCUT2D eigenvalue weighted by Crippen LogP contribution is 2.16. The van der Waals surface area contributed by atoms with E-state index in [0.29, 0.717) is 12.8 Å². The zero-order valence-corrected chi connectivity index (χ0v) is 18.4. The number of benzene rings is 1. The maximum atomic E-state index is 12.6. The van der Waals surface area contributed by atoms with Crippen LogP contribution in [0.2, 0.25) is 0 Å². The summed E-state index contributed by atoms with van der Waals surface area (Å²) < 4.78 is 5.51. The minimum atomic E-state index is -0.971. The first-order valence-electron chi connectivity index (χ1n) is 10.5. The third-order valence-corrected chi connectivity index (χ3v) is 4.69. The average Bonchev–Trinajstić information content (AvgIpc) is 2.75. The molecule has 0 heterocycles. The van der Waals surface area contributed by atoms with Crippen LogP contribution in [0.4, 0.5) is 0 Å². The first kappa shape index (κ1) is 26.1. The Hall–Kier alpha value is -2.93. The number of aliphatic hydroxyl groups is 1. The van der Waals surface area contributed by atoms with Gasteiger partial charge in [0.05, 0.1) is 19.1 Å². The largest absolute Gasteiger partial charge is 0.461 e. The monoisotopic (exact) mass is 430 g/mol. The highest BCUT2D eigenvalue weighted by molar-refractivity contribution is 6.00. The quantitative estimate of drug-likeness (QED) is 0.238. The lowest BCUT2D eigenvalue weighted by Crippen LogP contribution is -2.46. The molecular weight excluding hydrogens is 396 g/mol. The summed E-state index contributed by atoms with van der Waals surface area (Å²) in [6.45, 7) is 10.5. The van der Waals surface area contributed by atoms with Crippen molar-refractivity contribution in [3.05, 3.63) is 61.2 Å². The van der Waals surface area contributed by atoms with Gasteiger partial charge >= 0.3 is 5.97 Å².